The molecule has 0 bridgehead atoms. The van der Waals surface area contributed by atoms with Gasteiger partial charge in [0.05, 0.1) is 23.3 Å². The number of ether oxygens (including phenoxy) is 1. The van der Waals surface area contributed by atoms with Gasteiger partial charge in [0.1, 0.15) is 12.1 Å². The van der Waals surface area contributed by atoms with Gasteiger partial charge < -0.3 is 4.74 Å². The Balaban J connectivity index is 1.23. The zero-order valence-corrected chi connectivity index (χ0v) is 24.5. The fourth-order valence-corrected chi connectivity index (χ4v) is 5.32. The largest absolute Gasteiger partial charge is 0.573 e. The zero-order chi connectivity index (χ0) is 30.6. The van der Waals surface area contributed by atoms with E-state index >= 15 is 0 Å². The van der Waals surface area contributed by atoms with Crippen LogP contribution in [0.2, 0.25) is 0 Å². The van der Waals surface area contributed by atoms with E-state index < -0.39 is 6.36 Å². The lowest BCUT2D eigenvalue weighted by atomic mass is 10.1. The molecule has 1 aliphatic rings. The first-order valence-electron chi connectivity index (χ1n) is 13.0. The number of amides is 1. The van der Waals surface area contributed by atoms with E-state index in [4.69, 9.17) is 12.2 Å². The highest BCUT2D eigenvalue weighted by Crippen LogP contribution is 2.30. The molecule has 5 rings (SSSR count). The number of thiocarbonyl (C=S) groups is 1. The Morgan fingerprint density at radius 1 is 1.16 bits per heavy atom. The van der Waals surface area contributed by atoms with Crippen molar-refractivity contribution in [3.8, 4) is 22.8 Å². The van der Waals surface area contributed by atoms with Crippen molar-refractivity contribution in [3.63, 3.8) is 0 Å². The number of para-hydroxylation sites is 1. The molecule has 0 unspecified atom stereocenters. The van der Waals surface area contributed by atoms with Crippen LogP contribution in [-0.2, 0) is 11.2 Å². The first-order valence-corrected chi connectivity index (χ1v) is 14.3. The average molecular weight is 624 g/mol. The second-order valence-electron chi connectivity index (χ2n) is 9.20. The van der Waals surface area contributed by atoms with Crippen LogP contribution in [0, 0.1) is 6.92 Å². The average Bonchev–Trinajstić information content (AvgIpc) is 3.60. The number of amidine groups is 1. The highest BCUT2D eigenvalue weighted by molar-refractivity contribution is 8.15. The first kappa shape index (κ1) is 29.9. The van der Waals surface area contributed by atoms with Crippen molar-refractivity contribution in [2.24, 2.45) is 10.1 Å². The number of carbonyl (C=O) groups is 1. The highest BCUT2D eigenvalue weighted by atomic mass is 32.2. The number of carbonyl (C=O) groups excluding carboxylic acids is 1. The summed E-state index contributed by atoms with van der Waals surface area (Å²) in [5.74, 6) is 0.346. The molecule has 0 spiro atoms. The quantitative estimate of drug-likeness (QED) is 0.152. The maximum atomic E-state index is 12.6. The summed E-state index contributed by atoms with van der Waals surface area (Å²) >= 11 is 6.68. The smallest absolute Gasteiger partial charge is 0.406 e. The van der Waals surface area contributed by atoms with Crippen LogP contribution in [0.5, 0.6) is 5.75 Å². The van der Waals surface area contributed by atoms with E-state index in [1.807, 2.05) is 56.3 Å². The van der Waals surface area contributed by atoms with Crippen molar-refractivity contribution < 1.29 is 22.7 Å². The van der Waals surface area contributed by atoms with Gasteiger partial charge in [-0.05, 0) is 78.7 Å². The Hall–Kier alpha value is -4.56. The summed E-state index contributed by atoms with van der Waals surface area (Å²) < 4.78 is 42.6. The van der Waals surface area contributed by atoms with Gasteiger partial charge >= 0.3 is 6.36 Å². The summed E-state index contributed by atoms with van der Waals surface area (Å²) in [5, 5.41) is 9.27. The van der Waals surface area contributed by atoms with Crippen LogP contribution in [0.15, 0.2) is 83.2 Å². The van der Waals surface area contributed by atoms with Gasteiger partial charge in [-0.15, -0.1) is 18.3 Å². The second kappa shape index (κ2) is 12.8. The Kier molecular flexibility index (Phi) is 8.87. The second-order valence-corrected chi connectivity index (χ2v) is 10.5. The van der Waals surface area contributed by atoms with Gasteiger partial charge in [-0.1, -0.05) is 49.0 Å². The van der Waals surface area contributed by atoms with Crippen molar-refractivity contribution in [1.29, 1.82) is 0 Å². The number of benzene rings is 3. The topological polar surface area (TPSA) is 97.0 Å². The molecule has 0 saturated carbocycles. The van der Waals surface area contributed by atoms with Crippen LogP contribution >= 0.6 is 24.0 Å². The molecule has 0 radical (unpaired) electrons. The number of nitrogens with one attached hydrogen (secondary N) is 1. The Morgan fingerprint density at radius 2 is 1.93 bits per heavy atom. The van der Waals surface area contributed by atoms with E-state index in [-0.39, 0.29) is 22.5 Å². The van der Waals surface area contributed by atoms with Crippen molar-refractivity contribution in [3.05, 3.63) is 89.7 Å². The third-order valence-corrected chi connectivity index (χ3v) is 7.40. The standard InChI is InChI=1S/C29H24F3N7O2S2/c1-3-19-6-4-5-7-24(19)39-25(40)16-43-28(39)35-27(42)36-34-15-21-9-8-20(14-18(21)2)26-33-17-38(37-26)22-10-12-23(13-11-22)41-29(30,31)32/h4-15,17H,3,16H2,1-2H3,(H,36,42)/b34-15+,35-28-. The van der Waals surface area contributed by atoms with Crippen molar-refractivity contribution in [2.75, 3.05) is 10.7 Å². The fourth-order valence-electron chi connectivity index (χ4n) is 4.26. The van der Waals surface area contributed by atoms with Crippen LogP contribution in [0.4, 0.5) is 18.9 Å². The number of aryl methyl sites for hydroxylation is 2. The number of hydrazone groups is 1. The van der Waals surface area contributed by atoms with Crippen LogP contribution in [0.3, 0.4) is 0 Å². The Morgan fingerprint density at radius 3 is 2.65 bits per heavy atom. The lowest BCUT2D eigenvalue weighted by Gasteiger charge is -2.19. The molecular weight excluding hydrogens is 599 g/mol. The molecule has 1 aliphatic heterocycles. The van der Waals surface area contributed by atoms with E-state index in [9.17, 15) is 18.0 Å². The maximum Gasteiger partial charge on any atom is 0.573 e. The van der Waals surface area contributed by atoms with E-state index in [0.717, 1.165) is 34.4 Å². The van der Waals surface area contributed by atoms with Gasteiger partial charge in [-0.2, -0.15) is 10.1 Å². The van der Waals surface area contributed by atoms with Crippen LogP contribution in [0.25, 0.3) is 17.1 Å². The predicted molar refractivity (Wildman–Crippen MR) is 165 cm³/mol. The number of rotatable bonds is 7. The van der Waals surface area contributed by atoms with Gasteiger partial charge in [0, 0.05) is 5.56 Å². The molecule has 43 heavy (non-hydrogen) atoms. The van der Waals surface area contributed by atoms with Crippen LogP contribution in [0.1, 0.15) is 23.6 Å². The molecule has 3 aromatic carbocycles. The molecule has 0 atom stereocenters. The lowest BCUT2D eigenvalue weighted by Crippen LogP contribution is -2.31. The Labute approximate surface area is 254 Å². The molecule has 1 N–H and O–H groups in total. The summed E-state index contributed by atoms with van der Waals surface area (Å²) in [6.45, 7) is 3.94. The van der Waals surface area contributed by atoms with Crippen molar-refractivity contribution >= 4 is 52.1 Å². The summed E-state index contributed by atoms with van der Waals surface area (Å²) in [6.07, 6.45) is -0.894. The molecule has 1 saturated heterocycles. The summed E-state index contributed by atoms with van der Waals surface area (Å²) in [6, 6.07) is 18.6. The monoisotopic (exact) mass is 623 g/mol. The predicted octanol–water partition coefficient (Wildman–Crippen LogP) is 6.05. The molecular formula is C29H24F3N7O2S2. The number of hydrogen-bond donors (Lipinski definition) is 1. The van der Waals surface area contributed by atoms with Crippen molar-refractivity contribution in [2.45, 2.75) is 26.6 Å². The number of nitrogens with zero attached hydrogens (tertiary/aromatic N) is 6. The SMILES string of the molecule is CCc1ccccc1N1C(=O)CS/C1=N\C(=S)N/N=C/c1ccc(-c2ncn(-c3ccc(OC(F)(F)F)cc3)n2)cc1C. The highest BCUT2D eigenvalue weighted by Gasteiger charge is 2.32. The van der Waals surface area contributed by atoms with Gasteiger partial charge in [-0.3, -0.25) is 15.1 Å². The molecule has 14 heteroatoms. The summed E-state index contributed by atoms with van der Waals surface area (Å²) in [7, 11) is 0. The van der Waals surface area contributed by atoms with Crippen LogP contribution in [-0.4, -0.2) is 49.3 Å². The molecule has 4 aromatic rings. The zero-order valence-electron chi connectivity index (χ0n) is 22.9. The minimum absolute atomic E-state index is 0.0561. The summed E-state index contributed by atoms with van der Waals surface area (Å²) in [4.78, 5) is 23.0. The molecule has 0 aliphatic carbocycles. The van der Waals surface area contributed by atoms with Gasteiger partial charge in [0.2, 0.25) is 11.0 Å². The van der Waals surface area contributed by atoms with E-state index in [1.165, 1.54) is 47.0 Å². The number of halogens is 3. The molecule has 1 aromatic heterocycles. The number of aromatic nitrogens is 3. The number of anilines is 1. The van der Waals surface area contributed by atoms with E-state index in [1.54, 1.807) is 11.1 Å². The number of thioether (sulfide) groups is 1. The maximum absolute atomic E-state index is 12.6. The Bertz CT molecular complexity index is 1720. The summed E-state index contributed by atoms with van der Waals surface area (Å²) in [5.41, 5.74) is 7.57. The van der Waals surface area contributed by atoms with Gasteiger partial charge in [0.15, 0.2) is 11.0 Å². The van der Waals surface area contributed by atoms with E-state index in [0.29, 0.717) is 16.7 Å². The number of hydrogen-bond acceptors (Lipinski definition) is 7. The lowest BCUT2D eigenvalue weighted by molar-refractivity contribution is -0.274. The molecule has 2 heterocycles. The first-order chi connectivity index (χ1) is 20.6. The molecule has 220 valence electrons. The van der Waals surface area contributed by atoms with E-state index in [2.05, 4.69) is 30.3 Å². The van der Waals surface area contributed by atoms with Crippen LogP contribution < -0.4 is 15.1 Å². The minimum Gasteiger partial charge on any atom is -0.406 e. The number of aliphatic imine (C=N–C) groups is 1. The number of alkyl halides is 3. The fraction of sp³-hybridized carbons (Fsp3) is 0.172. The van der Waals surface area contributed by atoms with Gasteiger partial charge in [-0.25, -0.2) is 9.67 Å². The normalized spacial score (nSPS) is 14.6. The molecule has 9 nitrogen and oxygen atoms in total. The third kappa shape index (κ3) is 7.27. The molecule has 1 fully saturated rings. The third-order valence-electron chi connectivity index (χ3n) is 6.29. The molecule has 1 amide bonds. The van der Waals surface area contributed by atoms with Crippen molar-refractivity contribution in [1.82, 2.24) is 20.2 Å². The minimum atomic E-state index is -4.76. The van der Waals surface area contributed by atoms with Gasteiger partial charge in [0.25, 0.3) is 0 Å².